The predicted molar refractivity (Wildman–Crippen MR) is 111 cm³/mol. The summed E-state index contributed by atoms with van der Waals surface area (Å²) >= 11 is 1.17. The fraction of sp³-hybridized carbons (Fsp3) is 0.0500. The molecule has 0 saturated carbocycles. The molecular weight excluding hydrogens is 429 g/mol. The minimum atomic E-state index is -1.49. The lowest BCUT2D eigenvalue weighted by atomic mass is 10.1. The normalized spacial score (nSPS) is 11.2. The molecule has 0 aliphatic rings. The van der Waals surface area contributed by atoms with Crippen LogP contribution in [0.3, 0.4) is 0 Å². The van der Waals surface area contributed by atoms with Crippen LogP contribution in [0, 0.1) is 15.9 Å². The van der Waals surface area contributed by atoms with E-state index in [-0.39, 0.29) is 17.0 Å². The maximum Gasteiger partial charge on any atom is 0.342 e. The Morgan fingerprint density at radius 3 is 2.58 bits per heavy atom. The smallest absolute Gasteiger partial charge is 0.342 e. The van der Waals surface area contributed by atoms with Crippen molar-refractivity contribution >= 4 is 34.6 Å². The van der Waals surface area contributed by atoms with E-state index in [9.17, 15) is 29.2 Å². The Hall–Kier alpha value is -4.12. The first-order valence-corrected chi connectivity index (χ1v) is 9.50. The van der Waals surface area contributed by atoms with Crippen LogP contribution in [0.5, 0.6) is 5.75 Å². The number of nitrogens with one attached hydrogen (secondary N) is 1. The first-order chi connectivity index (χ1) is 14.7. The van der Waals surface area contributed by atoms with Crippen LogP contribution in [0.2, 0.25) is 0 Å². The summed E-state index contributed by atoms with van der Waals surface area (Å²) in [6, 6.07) is 8.64. The minimum Gasteiger partial charge on any atom is -0.506 e. The zero-order valence-corrected chi connectivity index (χ0v) is 16.6. The summed E-state index contributed by atoms with van der Waals surface area (Å²) in [4.78, 5) is 34.0. The van der Waals surface area contributed by atoms with Gasteiger partial charge in [0.2, 0.25) is 0 Å². The van der Waals surface area contributed by atoms with Crippen LogP contribution >= 0.6 is 11.3 Å². The highest BCUT2D eigenvalue weighted by molar-refractivity contribution is 7.14. The number of aromatic hydroxyl groups is 1. The van der Waals surface area contributed by atoms with E-state index >= 15 is 0 Å². The molecule has 3 aromatic rings. The summed E-state index contributed by atoms with van der Waals surface area (Å²) in [5.41, 5.74) is 1.81. The Morgan fingerprint density at radius 2 is 1.94 bits per heavy atom. The van der Waals surface area contributed by atoms with Crippen molar-refractivity contribution in [3.63, 3.8) is 0 Å². The highest BCUT2D eigenvalue weighted by Crippen LogP contribution is 2.38. The fourth-order valence-electron chi connectivity index (χ4n) is 2.71. The van der Waals surface area contributed by atoms with E-state index in [4.69, 9.17) is 5.11 Å². The van der Waals surface area contributed by atoms with Crippen LogP contribution in [0.1, 0.15) is 33.2 Å². The highest BCUT2D eigenvalue weighted by Gasteiger charge is 2.22. The summed E-state index contributed by atoms with van der Waals surface area (Å²) in [5, 5.41) is 36.0. The Bertz CT molecular complexity index is 1240. The van der Waals surface area contributed by atoms with Crippen molar-refractivity contribution in [3.05, 3.63) is 80.5 Å². The largest absolute Gasteiger partial charge is 0.506 e. The van der Waals surface area contributed by atoms with Gasteiger partial charge >= 0.3 is 5.97 Å². The van der Waals surface area contributed by atoms with Gasteiger partial charge in [0.05, 0.1) is 21.1 Å². The molecule has 31 heavy (non-hydrogen) atoms. The maximum absolute atomic E-state index is 13.4. The SMILES string of the molecule is C/C(=N\NC(=O)c1ccc(C(=O)O)c([N+](=O)[O-])c1)c1csc(-c2cccc(F)c2)c1O. The van der Waals surface area contributed by atoms with Crippen LogP contribution in [0.25, 0.3) is 10.4 Å². The number of hydrogen-bond donors (Lipinski definition) is 3. The number of amides is 1. The number of hydrogen-bond acceptors (Lipinski definition) is 7. The second-order valence-electron chi connectivity index (χ2n) is 6.27. The predicted octanol–water partition coefficient (Wildman–Crippen LogP) is 4.02. The first kappa shape index (κ1) is 21.6. The monoisotopic (exact) mass is 443 g/mol. The molecular formula is C20H14FN3O6S. The minimum absolute atomic E-state index is 0.132. The zero-order valence-electron chi connectivity index (χ0n) is 15.8. The van der Waals surface area contributed by atoms with Gasteiger partial charge in [-0.25, -0.2) is 14.6 Å². The summed E-state index contributed by atoms with van der Waals surface area (Å²) < 4.78 is 13.4. The lowest BCUT2D eigenvalue weighted by Crippen LogP contribution is -2.19. The van der Waals surface area contributed by atoms with Gasteiger partial charge in [0.15, 0.2) is 0 Å². The van der Waals surface area contributed by atoms with Crippen LogP contribution in [0.4, 0.5) is 10.1 Å². The third-order valence-corrected chi connectivity index (χ3v) is 5.27. The van der Waals surface area contributed by atoms with Crippen LogP contribution in [-0.2, 0) is 0 Å². The van der Waals surface area contributed by atoms with Crippen molar-refractivity contribution in [3.8, 4) is 16.2 Å². The molecule has 0 unspecified atom stereocenters. The molecule has 0 atom stereocenters. The molecule has 0 aliphatic heterocycles. The van der Waals surface area contributed by atoms with Crippen LogP contribution < -0.4 is 5.43 Å². The van der Waals surface area contributed by atoms with E-state index in [1.165, 1.54) is 36.5 Å². The number of nitro benzene ring substituents is 1. The number of carbonyl (C=O) groups excluding carboxylic acids is 1. The van der Waals surface area contributed by atoms with Gasteiger partial charge < -0.3 is 10.2 Å². The molecule has 1 amide bonds. The van der Waals surface area contributed by atoms with E-state index in [2.05, 4.69) is 10.5 Å². The molecule has 9 nitrogen and oxygen atoms in total. The van der Waals surface area contributed by atoms with Crippen LogP contribution in [-0.4, -0.2) is 32.7 Å². The molecule has 0 saturated heterocycles. The van der Waals surface area contributed by atoms with E-state index in [1.807, 2.05) is 0 Å². The van der Waals surface area contributed by atoms with Crippen molar-refractivity contribution in [2.24, 2.45) is 5.10 Å². The Morgan fingerprint density at radius 1 is 1.19 bits per heavy atom. The second-order valence-corrected chi connectivity index (χ2v) is 7.15. The van der Waals surface area contributed by atoms with Crippen molar-refractivity contribution in [2.75, 3.05) is 0 Å². The molecule has 0 bridgehead atoms. The average Bonchev–Trinajstić information content (AvgIpc) is 3.12. The second kappa shape index (κ2) is 8.71. The number of hydrazone groups is 1. The molecule has 1 aromatic heterocycles. The molecule has 3 rings (SSSR count). The quantitative estimate of drug-likeness (QED) is 0.298. The first-order valence-electron chi connectivity index (χ1n) is 8.62. The van der Waals surface area contributed by atoms with E-state index in [0.717, 1.165) is 18.2 Å². The number of carbonyl (C=O) groups is 2. The summed E-state index contributed by atoms with van der Waals surface area (Å²) in [6.45, 7) is 1.52. The summed E-state index contributed by atoms with van der Waals surface area (Å²) in [7, 11) is 0. The van der Waals surface area contributed by atoms with E-state index in [0.29, 0.717) is 16.0 Å². The van der Waals surface area contributed by atoms with Gasteiger partial charge in [0.25, 0.3) is 11.6 Å². The molecule has 0 spiro atoms. The van der Waals surface area contributed by atoms with Gasteiger partial charge in [-0.1, -0.05) is 12.1 Å². The third kappa shape index (κ3) is 4.56. The van der Waals surface area contributed by atoms with Gasteiger partial charge in [-0.15, -0.1) is 11.3 Å². The maximum atomic E-state index is 13.4. The van der Waals surface area contributed by atoms with Gasteiger partial charge in [-0.2, -0.15) is 5.10 Å². The molecule has 0 fully saturated rings. The zero-order chi connectivity index (χ0) is 22.7. The number of benzene rings is 2. The number of halogens is 1. The van der Waals surface area contributed by atoms with Crippen molar-refractivity contribution < 1.29 is 29.1 Å². The lowest BCUT2D eigenvalue weighted by Gasteiger charge is -2.05. The van der Waals surface area contributed by atoms with Crippen LogP contribution in [0.15, 0.2) is 52.9 Å². The van der Waals surface area contributed by atoms with Gasteiger partial charge in [-0.3, -0.25) is 14.9 Å². The third-order valence-electron chi connectivity index (χ3n) is 4.25. The van der Waals surface area contributed by atoms with Gasteiger partial charge in [-0.05, 0) is 36.8 Å². The lowest BCUT2D eigenvalue weighted by molar-refractivity contribution is -0.385. The Balaban J connectivity index is 1.83. The number of rotatable bonds is 6. The molecule has 0 aliphatic carbocycles. The van der Waals surface area contributed by atoms with Crippen molar-refractivity contribution in [1.29, 1.82) is 0 Å². The molecule has 3 N–H and O–H groups in total. The summed E-state index contributed by atoms with van der Waals surface area (Å²) in [6.07, 6.45) is 0. The van der Waals surface area contributed by atoms with Gasteiger partial charge in [0.1, 0.15) is 17.1 Å². The highest BCUT2D eigenvalue weighted by atomic mass is 32.1. The fourth-order valence-corrected chi connectivity index (χ4v) is 3.71. The molecule has 158 valence electrons. The van der Waals surface area contributed by atoms with Gasteiger partial charge in [0, 0.05) is 17.0 Å². The van der Waals surface area contributed by atoms with Crippen molar-refractivity contribution in [2.45, 2.75) is 6.92 Å². The summed E-state index contributed by atoms with van der Waals surface area (Å²) in [5.74, 6) is -2.88. The number of carboxylic acids is 1. The number of carboxylic acid groups (broad SMARTS) is 1. The topological polar surface area (TPSA) is 142 Å². The number of nitrogens with zero attached hydrogens (tertiary/aromatic N) is 2. The molecule has 1 heterocycles. The molecule has 0 radical (unpaired) electrons. The standard InChI is InChI=1S/C20H14FN3O6S/c1-10(15-9-31-18(17(15)25)11-3-2-4-13(21)7-11)22-23-19(26)12-5-6-14(20(27)28)16(8-12)24(29)30/h2-9,25H,1H3,(H,23,26)(H,27,28)/b22-10+. The molecule has 2 aromatic carbocycles. The number of thiophene rings is 1. The average molecular weight is 443 g/mol. The van der Waals surface area contributed by atoms with E-state index < -0.39 is 33.9 Å². The number of aromatic carboxylic acids is 1. The Labute approximate surface area is 178 Å². The molecule has 11 heteroatoms. The number of nitro groups is 1. The Kier molecular flexibility index (Phi) is 6.07. The van der Waals surface area contributed by atoms with E-state index in [1.54, 1.807) is 11.4 Å². The van der Waals surface area contributed by atoms with Crippen molar-refractivity contribution in [1.82, 2.24) is 5.43 Å².